The van der Waals surface area contributed by atoms with E-state index in [1.165, 1.54) is 0 Å². The fraction of sp³-hybridized carbons (Fsp3) is 1.00. The first-order chi connectivity index (χ1) is 5.89. The number of aliphatic hydroxyl groups is 1. The van der Waals surface area contributed by atoms with Crippen molar-refractivity contribution in [1.29, 1.82) is 0 Å². The van der Waals surface area contributed by atoms with Crippen molar-refractivity contribution in [3.8, 4) is 0 Å². The Bertz CT molecular complexity index is 137. The Morgan fingerprint density at radius 3 is 1.85 bits per heavy atom. The number of hydrogen-bond donors (Lipinski definition) is 1. The first-order valence-corrected chi connectivity index (χ1v) is 5.16. The molecule has 0 bridgehead atoms. The van der Waals surface area contributed by atoms with E-state index >= 15 is 0 Å². The summed E-state index contributed by atoms with van der Waals surface area (Å²) in [7, 11) is 1.72. The highest BCUT2D eigenvalue weighted by molar-refractivity contribution is 4.79. The van der Waals surface area contributed by atoms with E-state index in [1.54, 1.807) is 7.11 Å². The lowest BCUT2D eigenvalue weighted by atomic mass is 9.87. The smallest absolute Gasteiger partial charge is 0.0643 e. The molecule has 0 amide bonds. The van der Waals surface area contributed by atoms with Gasteiger partial charge in [0.15, 0.2) is 0 Å². The molecule has 0 unspecified atom stereocenters. The predicted molar refractivity (Wildman–Crippen MR) is 55.9 cm³/mol. The van der Waals surface area contributed by atoms with Crippen LogP contribution in [0.1, 0.15) is 53.4 Å². The van der Waals surface area contributed by atoms with Gasteiger partial charge in [-0.25, -0.2) is 0 Å². The third kappa shape index (κ3) is 4.63. The molecule has 0 aromatic heterocycles. The highest BCUT2D eigenvalue weighted by Gasteiger charge is 2.26. The van der Waals surface area contributed by atoms with Crippen molar-refractivity contribution in [2.24, 2.45) is 0 Å². The molecule has 1 N–H and O–H groups in total. The molecule has 13 heavy (non-hydrogen) atoms. The van der Waals surface area contributed by atoms with E-state index in [4.69, 9.17) is 4.74 Å². The average molecular weight is 188 g/mol. The molecule has 0 heterocycles. The molecule has 0 saturated carbocycles. The third-order valence-corrected chi connectivity index (χ3v) is 3.06. The lowest BCUT2D eigenvalue weighted by molar-refractivity contribution is -0.0294. The highest BCUT2D eigenvalue weighted by Crippen LogP contribution is 2.26. The Morgan fingerprint density at radius 1 is 1.08 bits per heavy atom. The molecule has 0 aliphatic heterocycles. The van der Waals surface area contributed by atoms with Crippen LogP contribution in [-0.4, -0.2) is 23.4 Å². The molecule has 0 aromatic rings. The van der Waals surface area contributed by atoms with Crippen molar-refractivity contribution >= 4 is 0 Å². The SMILES string of the molecule is CCC(O)(CC)CCC(C)(C)OC. The molecule has 2 heteroatoms. The van der Waals surface area contributed by atoms with Crippen LogP contribution in [0.2, 0.25) is 0 Å². The van der Waals surface area contributed by atoms with Crippen LogP contribution in [0.5, 0.6) is 0 Å². The fourth-order valence-electron chi connectivity index (χ4n) is 1.24. The van der Waals surface area contributed by atoms with Crippen LogP contribution >= 0.6 is 0 Å². The number of hydrogen-bond acceptors (Lipinski definition) is 2. The normalized spacial score (nSPS) is 13.4. The summed E-state index contributed by atoms with van der Waals surface area (Å²) in [6.45, 7) is 8.17. The Kier molecular flexibility index (Phi) is 4.93. The lowest BCUT2D eigenvalue weighted by Gasteiger charge is -2.30. The molecule has 0 aliphatic rings. The molecule has 2 nitrogen and oxygen atoms in total. The van der Waals surface area contributed by atoms with Crippen molar-refractivity contribution in [3.05, 3.63) is 0 Å². The quantitative estimate of drug-likeness (QED) is 0.694. The standard InChI is InChI=1S/C11H24O2/c1-6-11(12,7-2)9-8-10(3,4)13-5/h12H,6-9H2,1-5H3. The van der Waals surface area contributed by atoms with Gasteiger partial charge in [-0.2, -0.15) is 0 Å². The van der Waals surface area contributed by atoms with Crippen molar-refractivity contribution in [3.63, 3.8) is 0 Å². The molecule has 80 valence electrons. The zero-order valence-corrected chi connectivity index (χ0v) is 9.68. The second-order valence-electron chi connectivity index (χ2n) is 4.40. The first-order valence-electron chi connectivity index (χ1n) is 5.16. The topological polar surface area (TPSA) is 29.5 Å². The molecule has 0 fully saturated rings. The summed E-state index contributed by atoms with van der Waals surface area (Å²) in [5.41, 5.74) is -0.603. The minimum atomic E-state index is -0.490. The lowest BCUT2D eigenvalue weighted by Crippen LogP contribution is -2.32. The fourth-order valence-corrected chi connectivity index (χ4v) is 1.24. The van der Waals surface area contributed by atoms with Crippen LogP contribution < -0.4 is 0 Å². The predicted octanol–water partition coefficient (Wildman–Crippen LogP) is 2.74. The number of methoxy groups -OCH3 is 1. The van der Waals surface area contributed by atoms with E-state index in [2.05, 4.69) is 13.8 Å². The Labute approximate surface area is 82.3 Å². The van der Waals surface area contributed by atoms with Gasteiger partial charge in [-0.05, 0) is 39.5 Å². The zero-order valence-electron chi connectivity index (χ0n) is 9.68. The van der Waals surface area contributed by atoms with Crippen LogP contribution in [0, 0.1) is 0 Å². The maximum atomic E-state index is 10.0. The van der Waals surface area contributed by atoms with Gasteiger partial charge < -0.3 is 9.84 Å². The monoisotopic (exact) mass is 188 g/mol. The van der Waals surface area contributed by atoms with E-state index in [9.17, 15) is 5.11 Å². The Hall–Kier alpha value is -0.0800. The second kappa shape index (κ2) is 4.97. The highest BCUT2D eigenvalue weighted by atomic mass is 16.5. The number of rotatable bonds is 6. The summed E-state index contributed by atoms with van der Waals surface area (Å²) < 4.78 is 5.31. The van der Waals surface area contributed by atoms with E-state index in [0.29, 0.717) is 0 Å². The van der Waals surface area contributed by atoms with E-state index in [0.717, 1.165) is 25.7 Å². The Balaban J connectivity index is 3.99. The van der Waals surface area contributed by atoms with E-state index < -0.39 is 5.60 Å². The van der Waals surface area contributed by atoms with Crippen LogP contribution in [0.4, 0.5) is 0 Å². The van der Waals surface area contributed by atoms with E-state index in [1.807, 2.05) is 13.8 Å². The summed E-state index contributed by atoms with van der Waals surface area (Å²) in [6, 6.07) is 0. The summed E-state index contributed by atoms with van der Waals surface area (Å²) in [5.74, 6) is 0. The molecule has 0 radical (unpaired) electrons. The van der Waals surface area contributed by atoms with Gasteiger partial charge >= 0.3 is 0 Å². The number of ether oxygens (including phenoxy) is 1. The molecule has 0 aliphatic carbocycles. The minimum absolute atomic E-state index is 0.113. The van der Waals surface area contributed by atoms with Crippen LogP contribution in [0.15, 0.2) is 0 Å². The minimum Gasteiger partial charge on any atom is -0.390 e. The average Bonchev–Trinajstić information content (AvgIpc) is 2.14. The van der Waals surface area contributed by atoms with Gasteiger partial charge in [-0.3, -0.25) is 0 Å². The van der Waals surface area contributed by atoms with Gasteiger partial charge in [-0.1, -0.05) is 13.8 Å². The molecule has 0 saturated heterocycles. The van der Waals surface area contributed by atoms with Crippen molar-refractivity contribution in [2.75, 3.05) is 7.11 Å². The zero-order chi connectivity index (χ0) is 10.5. The largest absolute Gasteiger partial charge is 0.390 e. The van der Waals surface area contributed by atoms with Gasteiger partial charge in [0, 0.05) is 7.11 Å². The Morgan fingerprint density at radius 2 is 1.54 bits per heavy atom. The van der Waals surface area contributed by atoms with E-state index in [-0.39, 0.29) is 5.60 Å². The van der Waals surface area contributed by atoms with Gasteiger partial charge in [0.1, 0.15) is 0 Å². The summed E-state index contributed by atoms with van der Waals surface area (Å²) in [4.78, 5) is 0. The molecular weight excluding hydrogens is 164 g/mol. The molecule has 0 atom stereocenters. The molecule has 0 aromatic carbocycles. The molecule has 0 rings (SSSR count). The van der Waals surface area contributed by atoms with Crippen molar-refractivity contribution < 1.29 is 9.84 Å². The summed E-state index contributed by atoms with van der Waals surface area (Å²) >= 11 is 0. The van der Waals surface area contributed by atoms with Gasteiger partial charge in [0.25, 0.3) is 0 Å². The van der Waals surface area contributed by atoms with Gasteiger partial charge in [0.2, 0.25) is 0 Å². The van der Waals surface area contributed by atoms with Crippen LogP contribution in [0.3, 0.4) is 0 Å². The first kappa shape index (κ1) is 12.9. The van der Waals surface area contributed by atoms with Crippen molar-refractivity contribution in [1.82, 2.24) is 0 Å². The molecule has 0 spiro atoms. The second-order valence-corrected chi connectivity index (χ2v) is 4.40. The summed E-state index contributed by atoms with van der Waals surface area (Å²) in [6.07, 6.45) is 3.37. The summed E-state index contributed by atoms with van der Waals surface area (Å²) in [5, 5.41) is 10.0. The van der Waals surface area contributed by atoms with Crippen LogP contribution in [-0.2, 0) is 4.74 Å². The van der Waals surface area contributed by atoms with Gasteiger partial charge in [0.05, 0.1) is 11.2 Å². The molecular formula is C11H24O2. The van der Waals surface area contributed by atoms with Gasteiger partial charge in [-0.15, -0.1) is 0 Å². The maximum Gasteiger partial charge on any atom is 0.0643 e. The third-order valence-electron chi connectivity index (χ3n) is 3.06. The van der Waals surface area contributed by atoms with Crippen molar-refractivity contribution in [2.45, 2.75) is 64.6 Å². The maximum absolute atomic E-state index is 10.0. The van der Waals surface area contributed by atoms with Crippen LogP contribution in [0.25, 0.3) is 0 Å².